The molecule has 0 aliphatic carbocycles. The highest BCUT2D eigenvalue weighted by atomic mass is 32.2. The van der Waals surface area contributed by atoms with Gasteiger partial charge >= 0.3 is 0 Å². The summed E-state index contributed by atoms with van der Waals surface area (Å²) >= 11 is 0. The van der Waals surface area contributed by atoms with Crippen molar-refractivity contribution in [2.45, 2.75) is 25.7 Å². The molecule has 3 heteroatoms. The molecular weight excluding hydrogens is 220 g/mol. The van der Waals surface area contributed by atoms with E-state index in [1.165, 1.54) is 6.08 Å². The molecule has 0 unspecified atom stereocenters. The van der Waals surface area contributed by atoms with Crippen molar-refractivity contribution in [2.24, 2.45) is 0 Å². The zero-order valence-electron chi connectivity index (χ0n) is 9.82. The molecule has 0 spiro atoms. The van der Waals surface area contributed by atoms with Crippen LogP contribution < -0.4 is 0 Å². The van der Waals surface area contributed by atoms with Crippen LogP contribution in [0.4, 0.5) is 0 Å². The van der Waals surface area contributed by atoms with E-state index in [1.54, 1.807) is 12.1 Å². The van der Waals surface area contributed by atoms with Crippen molar-refractivity contribution < 1.29 is 9.00 Å². The van der Waals surface area contributed by atoms with E-state index < -0.39 is 10.8 Å². The highest BCUT2D eigenvalue weighted by molar-refractivity contribution is 7.85. The number of aryl methyl sites for hydroxylation is 1. The third-order valence-electron chi connectivity index (χ3n) is 2.01. The van der Waals surface area contributed by atoms with Crippen LogP contribution in [-0.2, 0) is 15.6 Å². The second-order valence-corrected chi connectivity index (χ2v) is 5.44. The molecule has 0 aliphatic heterocycles. The van der Waals surface area contributed by atoms with Crippen molar-refractivity contribution in [1.29, 1.82) is 0 Å². The van der Waals surface area contributed by atoms with Crippen LogP contribution in [0.3, 0.4) is 0 Å². The van der Waals surface area contributed by atoms with Crippen molar-refractivity contribution in [3.63, 3.8) is 0 Å². The van der Waals surface area contributed by atoms with Gasteiger partial charge in [0, 0.05) is 4.90 Å². The van der Waals surface area contributed by atoms with E-state index in [2.05, 4.69) is 0 Å². The number of hydrogen-bond donors (Lipinski definition) is 0. The predicted octanol–water partition coefficient (Wildman–Crippen LogP) is 2.64. The predicted molar refractivity (Wildman–Crippen MR) is 66.9 cm³/mol. The largest absolute Gasteiger partial charge is 0.294 e. The highest BCUT2D eigenvalue weighted by Crippen LogP contribution is 2.08. The highest BCUT2D eigenvalue weighted by Gasteiger charge is 2.07. The molecule has 0 aliphatic rings. The Hall–Kier alpha value is -1.22. The fourth-order valence-electron chi connectivity index (χ4n) is 1.27. The van der Waals surface area contributed by atoms with E-state index in [4.69, 9.17) is 0 Å². The number of carbonyl (C=O) groups is 1. The van der Waals surface area contributed by atoms with Crippen molar-refractivity contribution in [3.8, 4) is 0 Å². The van der Waals surface area contributed by atoms with Gasteiger partial charge in [-0.1, -0.05) is 23.3 Å². The minimum absolute atomic E-state index is 0.0637. The summed E-state index contributed by atoms with van der Waals surface area (Å²) in [4.78, 5) is 12.1. The first-order chi connectivity index (χ1) is 7.49. The Morgan fingerprint density at radius 1 is 1.25 bits per heavy atom. The lowest BCUT2D eigenvalue weighted by Crippen LogP contribution is -2.08. The second kappa shape index (κ2) is 5.75. The van der Waals surface area contributed by atoms with Crippen molar-refractivity contribution in [2.75, 3.05) is 5.75 Å². The number of benzene rings is 1. The Balaban J connectivity index is 2.70. The molecule has 0 fully saturated rings. The van der Waals surface area contributed by atoms with Gasteiger partial charge in [0.25, 0.3) is 0 Å². The molecular formula is C13H16O2S. The van der Waals surface area contributed by atoms with Crippen LogP contribution in [0.5, 0.6) is 0 Å². The molecule has 0 N–H and O–H groups in total. The lowest BCUT2D eigenvalue weighted by Gasteiger charge is -2.00. The van der Waals surface area contributed by atoms with E-state index in [-0.39, 0.29) is 11.5 Å². The van der Waals surface area contributed by atoms with Crippen LogP contribution in [-0.4, -0.2) is 15.7 Å². The molecule has 0 saturated carbocycles. The SMILES string of the molecule is CC(C)=CC(=O)C[S@@](=O)c1ccc(C)cc1. The number of ketones is 1. The summed E-state index contributed by atoms with van der Waals surface area (Å²) in [6, 6.07) is 7.42. The summed E-state index contributed by atoms with van der Waals surface area (Å²) in [6.07, 6.45) is 1.53. The normalized spacial score (nSPS) is 11.9. The second-order valence-electron chi connectivity index (χ2n) is 3.99. The van der Waals surface area contributed by atoms with E-state index in [9.17, 15) is 9.00 Å². The molecule has 1 aromatic rings. The van der Waals surface area contributed by atoms with Gasteiger partial charge in [-0.25, -0.2) is 0 Å². The number of allylic oxidation sites excluding steroid dienone is 2. The molecule has 86 valence electrons. The smallest absolute Gasteiger partial charge is 0.168 e. The number of rotatable bonds is 4. The zero-order chi connectivity index (χ0) is 12.1. The Labute approximate surface area is 98.8 Å². The third kappa shape index (κ3) is 4.11. The van der Waals surface area contributed by atoms with Gasteiger partial charge in [0.1, 0.15) is 0 Å². The van der Waals surface area contributed by atoms with Crippen LogP contribution in [0.15, 0.2) is 40.8 Å². The summed E-state index contributed by atoms with van der Waals surface area (Å²) in [5.74, 6) is -0.0206. The maximum atomic E-state index is 11.8. The van der Waals surface area contributed by atoms with Gasteiger partial charge in [0.2, 0.25) is 0 Å². The first kappa shape index (κ1) is 12.8. The van der Waals surface area contributed by atoms with Crippen molar-refractivity contribution in [3.05, 3.63) is 41.5 Å². The van der Waals surface area contributed by atoms with Gasteiger partial charge in [-0.05, 0) is 39.0 Å². The Kier molecular flexibility index (Phi) is 4.62. The average Bonchev–Trinajstić information content (AvgIpc) is 2.16. The minimum atomic E-state index is -1.23. The standard InChI is InChI=1S/C13H16O2S/c1-10(2)8-12(14)9-16(15)13-6-4-11(3)5-7-13/h4-8H,9H2,1-3H3/t16-/m1/s1. The van der Waals surface area contributed by atoms with Gasteiger partial charge in [0.15, 0.2) is 5.78 Å². The molecule has 1 rings (SSSR count). The molecule has 0 saturated heterocycles. The van der Waals surface area contributed by atoms with Crippen LogP contribution in [0.25, 0.3) is 0 Å². The third-order valence-corrected chi connectivity index (χ3v) is 3.35. The maximum Gasteiger partial charge on any atom is 0.168 e. The molecule has 0 aromatic heterocycles. The zero-order valence-corrected chi connectivity index (χ0v) is 10.6. The minimum Gasteiger partial charge on any atom is -0.294 e. The van der Waals surface area contributed by atoms with Gasteiger partial charge in [0.05, 0.1) is 16.6 Å². The first-order valence-corrected chi connectivity index (χ1v) is 6.43. The van der Waals surface area contributed by atoms with Crippen molar-refractivity contribution in [1.82, 2.24) is 0 Å². The molecule has 2 nitrogen and oxygen atoms in total. The van der Waals surface area contributed by atoms with Gasteiger partial charge in [-0.15, -0.1) is 0 Å². The van der Waals surface area contributed by atoms with E-state index in [0.717, 1.165) is 11.1 Å². The fourth-order valence-corrected chi connectivity index (χ4v) is 2.21. The van der Waals surface area contributed by atoms with Crippen LogP contribution >= 0.6 is 0 Å². The maximum absolute atomic E-state index is 11.8. The topological polar surface area (TPSA) is 34.1 Å². The van der Waals surface area contributed by atoms with Crippen LogP contribution in [0.1, 0.15) is 19.4 Å². The van der Waals surface area contributed by atoms with Crippen LogP contribution in [0, 0.1) is 6.92 Å². The van der Waals surface area contributed by atoms with Crippen molar-refractivity contribution >= 4 is 16.6 Å². The summed E-state index contributed by atoms with van der Waals surface area (Å²) in [5, 5.41) is 0. The number of carbonyl (C=O) groups excluding carboxylic acids is 1. The molecule has 0 heterocycles. The summed E-state index contributed by atoms with van der Waals surface area (Å²) in [6.45, 7) is 5.68. The summed E-state index contributed by atoms with van der Waals surface area (Å²) in [7, 11) is -1.23. The number of hydrogen-bond acceptors (Lipinski definition) is 2. The van der Waals surface area contributed by atoms with E-state index in [0.29, 0.717) is 4.90 Å². The monoisotopic (exact) mass is 236 g/mol. The van der Waals surface area contributed by atoms with Gasteiger partial charge in [-0.3, -0.25) is 9.00 Å². The van der Waals surface area contributed by atoms with Crippen LogP contribution in [0.2, 0.25) is 0 Å². The van der Waals surface area contributed by atoms with Gasteiger partial charge in [-0.2, -0.15) is 0 Å². The van der Waals surface area contributed by atoms with E-state index >= 15 is 0 Å². The molecule has 0 amide bonds. The average molecular weight is 236 g/mol. The molecule has 1 atom stereocenters. The van der Waals surface area contributed by atoms with E-state index in [1.807, 2.05) is 32.9 Å². The molecule has 1 aromatic carbocycles. The Morgan fingerprint density at radius 2 is 1.81 bits per heavy atom. The molecule has 0 radical (unpaired) electrons. The lowest BCUT2D eigenvalue weighted by atomic mass is 10.2. The first-order valence-electron chi connectivity index (χ1n) is 5.12. The summed E-state index contributed by atoms with van der Waals surface area (Å²) in [5.41, 5.74) is 2.06. The quantitative estimate of drug-likeness (QED) is 0.753. The molecule has 0 bridgehead atoms. The lowest BCUT2D eigenvalue weighted by molar-refractivity contribution is -0.112. The molecule has 16 heavy (non-hydrogen) atoms. The summed E-state index contributed by atoms with van der Waals surface area (Å²) < 4.78 is 11.8. The fraction of sp³-hybridized carbons (Fsp3) is 0.308. The van der Waals surface area contributed by atoms with Gasteiger partial charge < -0.3 is 0 Å². The Bertz CT molecular complexity index is 426. The Morgan fingerprint density at radius 3 is 2.31 bits per heavy atom.